The van der Waals surface area contributed by atoms with Crippen LogP contribution in [0.4, 0.5) is 0 Å². The Morgan fingerprint density at radius 3 is 2.27 bits per heavy atom. The Bertz CT molecular complexity index is 459. The standard InChI is InChI=1S/C20H34O2/c1-18(22)10-11-19(2)13(12-18)4-5-14-15-6-7-17(21)20(15,3)9-8-16(14)19/h13-17,21-22H,4-12H2,1-3H3/t13-,14+,15?,16?,17+,18-,19+,20+/m0/s1. The first-order valence-electron chi connectivity index (χ1n) is 9.67. The third kappa shape index (κ3) is 1.99. The number of aliphatic hydroxyl groups is 2. The maximum absolute atomic E-state index is 10.5. The Morgan fingerprint density at radius 2 is 1.50 bits per heavy atom. The average molecular weight is 306 g/mol. The van der Waals surface area contributed by atoms with E-state index in [1.807, 2.05) is 6.92 Å². The molecule has 0 aromatic heterocycles. The van der Waals surface area contributed by atoms with Crippen LogP contribution in [0.3, 0.4) is 0 Å². The molecule has 0 saturated heterocycles. The van der Waals surface area contributed by atoms with E-state index in [1.54, 1.807) is 0 Å². The van der Waals surface area contributed by atoms with Gasteiger partial charge in [-0.15, -0.1) is 0 Å². The van der Waals surface area contributed by atoms with Crippen molar-refractivity contribution in [2.45, 2.75) is 90.3 Å². The van der Waals surface area contributed by atoms with Crippen molar-refractivity contribution in [3.05, 3.63) is 0 Å². The lowest BCUT2D eigenvalue weighted by Crippen LogP contribution is -2.55. The van der Waals surface area contributed by atoms with Crippen molar-refractivity contribution >= 4 is 0 Å². The van der Waals surface area contributed by atoms with E-state index >= 15 is 0 Å². The number of fused-ring (bicyclic) bond motifs is 5. The molecule has 0 aromatic carbocycles. The summed E-state index contributed by atoms with van der Waals surface area (Å²) in [4.78, 5) is 0. The van der Waals surface area contributed by atoms with E-state index in [9.17, 15) is 10.2 Å². The summed E-state index contributed by atoms with van der Waals surface area (Å²) in [6.07, 6.45) is 10.6. The van der Waals surface area contributed by atoms with Crippen LogP contribution in [0.1, 0.15) is 78.6 Å². The zero-order valence-electron chi connectivity index (χ0n) is 14.6. The van der Waals surface area contributed by atoms with Crippen LogP contribution in [0.5, 0.6) is 0 Å². The second-order valence-electron chi connectivity index (χ2n) is 10.00. The van der Waals surface area contributed by atoms with Crippen molar-refractivity contribution in [3.63, 3.8) is 0 Å². The van der Waals surface area contributed by atoms with E-state index in [-0.39, 0.29) is 11.5 Å². The summed E-state index contributed by atoms with van der Waals surface area (Å²) in [7, 11) is 0. The Kier molecular flexibility index (Phi) is 3.32. The Balaban J connectivity index is 1.62. The molecule has 0 aliphatic heterocycles. The second kappa shape index (κ2) is 4.72. The van der Waals surface area contributed by atoms with Crippen molar-refractivity contribution in [2.75, 3.05) is 0 Å². The zero-order chi connectivity index (χ0) is 15.8. The van der Waals surface area contributed by atoms with Crippen LogP contribution < -0.4 is 0 Å². The van der Waals surface area contributed by atoms with Gasteiger partial charge in [-0.3, -0.25) is 0 Å². The van der Waals surface area contributed by atoms with Crippen LogP contribution in [0.2, 0.25) is 0 Å². The minimum Gasteiger partial charge on any atom is -0.393 e. The predicted octanol–water partition coefficient (Wildman–Crippen LogP) is 4.14. The van der Waals surface area contributed by atoms with Gasteiger partial charge in [0.05, 0.1) is 11.7 Å². The Morgan fingerprint density at radius 1 is 0.773 bits per heavy atom. The highest BCUT2D eigenvalue weighted by molar-refractivity contribution is 5.10. The van der Waals surface area contributed by atoms with Crippen LogP contribution in [0.15, 0.2) is 0 Å². The van der Waals surface area contributed by atoms with Crippen molar-refractivity contribution in [1.82, 2.24) is 0 Å². The van der Waals surface area contributed by atoms with Gasteiger partial charge in [0.25, 0.3) is 0 Å². The maximum Gasteiger partial charge on any atom is 0.0622 e. The Labute approximate surface area is 135 Å². The topological polar surface area (TPSA) is 40.5 Å². The molecule has 2 unspecified atom stereocenters. The van der Waals surface area contributed by atoms with Gasteiger partial charge >= 0.3 is 0 Å². The number of aliphatic hydroxyl groups excluding tert-OH is 1. The monoisotopic (exact) mass is 306 g/mol. The molecule has 4 rings (SSSR count). The quantitative estimate of drug-likeness (QED) is 0.706. The maximum atomic E-state index is 10.5. The highest BCUT2D eigenvalue weighted by atomic mass is 16.3. The molecule has 2 heteroatoms. The van der Waals surface area contributed by atoms with Gasteiger partial charge in [0.15, 0.2) is 0 Å². The van der Waals surface area contributed by atoms with Gasteiger partial charge in [0.1, 0.15) is 0 Å². The van der Waals surface area contributed by atoms with Crippen molar-refractivity contribution in [3.8, 4) is 0 Å². The molecule has 2 N–H and O–H groups in total. The first-order valence-corrected chi connectivity index (χ1v) is 9.67. The first-order chi connectivity index (χ1) is 10.3. The Hall–Kier alpha value is -0.0800. The summed E-state index contributed by atoms with van der Waals surface area (Å²) in [5.41, 5.74) is 0.217. The van der Waals surface area contributed by atoms with Crippen molar-refractivity contribution in [2.24, 2.45) is 34.5 Å². The van der Waals surface area contributed by atoms with Gasteiger partial charge < -0.3 is 10.2 Å². The molecule has 0 aromatic rings. The highest BCUT2D eigenvalue weighted by Crippen LogP contribution is 2.66. The van der Waals surface area contributed by atoms with E-state index in [0.717, 1.165) is 37.0 Å². The molecule has 0 spiro atoms. The molecule has 0 heterocycles. The second-order valence-corrected chi connectivity index (χ2v) is 10.00. The summed E-state index contributed by atoms with van der Waals surface area (Å²) in [6.45, 7) is 6.95. The molecule has 4 aliphatic carbocycles. The molecule has 0 bridgehead atoms. The molecule has 4 fully saturated rings. The summed E-state index contributed by atoms with van der Waals surface area (Å²) in [5.74, 6) is 3.14. The normalized spacial score (nSPS) is 61.2. The van der Waals surface area contributed by atoms with Gasteiger partial charge in [0, 0.05) is 0 Å². The van der Waals surface area contributed by atoms with E-state index in [1.165, 1.54) is 38.5 Å². The fraction of sp³-hybridized carbons (Fsp3) is 1.00. The van der Waals surface area contributed by atoms with Crippen molar-refractivity contribution in [1.29, 1.82) is 0 Å². The minimum atomic E-state index is -0.427. The van der Waals surface area contributed by atoms with Crippen LogP contribution in [0, 0.1) is 34.5 Å². The fourth-order valence-corrected chi connectivity index (χ4v) is 7.40. The summed E-state index contributed by atoms with van der Waals surface area (Å²) >= 11 is 0. The summed E-state index contributed by atoms with van der Waals surface area (Å²) < 4.78 is 0. The predicted molar refractivity (Wildman–Crippen MR) is 88.4 cm³/mol. The molecule has 8 atom stereocenters. The zero-order valence-corrected chi connectivity index (χ0v) is 14.6. The molecule has 4 saturated carbocycles. The summed E-state index contributed by atoms with van der Waals surface area (Å²) in [6, 6.07) is 0. The van der Waals surface area contributed by atoms with E-state index in [0.29, 0.717) is 11.3 Å². The lowest BCUT2D eigenvalue weighted by molar-refractivity contribution is -0.150. The van der Waals surface area contributed by atoms with E-state index < -0.39 is 5.60 Å². The summed E-state index contributed by atoms with van der Waals surface area (Å²) in [5, 5.41) is 21.0. The molecule has 126 valence electrons. The van der Waals surface area contributed by atoms with Gasteiger partial charge in [-0.1, -0.05) is 13.8 Å². The van der Waals surface area contributed by atoms with Crippen LogP contribution in [-0.2, 0) is 0 Å². The lowest BCUT2D eigenvalue weighted by Gasteiger charge is -2.61. The van der Waals surface area contributed by atoms with Crippen molar-refractivity contribution < 1.29 is 10.2 Å². The average Bonchev–Trinajstić information content (AvgIpc) is 2.76. The molecular weight excluding hydrogens is 272 g/mol. The van der Waals surface area contributed by atoms with Crippen LogP contribution in [-0.4, -0.2) is 21.9 Å². The molecule has 0 amide bonds. The smallest absolute Gasteiger partial charge is 0.0622 e. The molecule has 4 aliphatic rings. The molecule has 22 heavy (non-hydrogen) atoms. The lowest BCUT2D eigenvalue weighted by atomic mass is 9.44. The van der Waals surface area contributed by atoms with Gasteiger partial charge in [-0.05, 0) is 99.2 Å². The van der Waals surface area contributed by atoms with Gasteiger partial charge in [-0.25, -0.2) is 0 Å². The number of hydrogen-bond acceptors (Lipinski definition) is 2. The number of hydrogen-bond donors (Lipinski definition) is 2. The fourth-order valence-electron chi connectivity index (χ4n) is 7.40. The highest BCUT2D eigenvalue weighted by Gasteiger charge is 2.60. The first kappa shape index (κ1) is 15.4. The van der Waals surface area contributed by atoms with Gasteiger partial charge in [-0.2, -0.15) is 0 Å². The van der Waals surface area contributed by atoms with E-state index in [2.05, 4.69) is 13.8 Å². The SMILES string of the molecule is C[C@]1(O)CC[C@@]2(C)C3CC[C@]4(C)C(CC[C@H]4O)[C@H]3CC[C@H]2C1. The number of rotatable bonds is 0. The van der Waals surface area contributed by atoms with E-state index in [4.69, 9.17) is 0 Å². The minimum absolute atomic E-state index is 0.0592. The van der Waals surface area contributed by atoms with Crippen LogP contribution >= 0.6 is 0 Å². The molecular formula is C20H34O2. The van der Waals surface area contributed by atoms with Gasteiger partial charge in [0.2, 0.25) is 0 Å². The molecule has 0 radical (unpaired) electrons. The van der Waals surface area contributed by atoms with Crippen LogP contribution in [0.25, 0.3) is 0 Å². The largest absolute Gasteiger partial charge is 0.393 e. The third-order valence-corrected chi connectivity index (χ3v) is 8.90. The molecule has 2 nitrogen and oxygen atoms in total. The third-order valence-electron chi connectivity index (χ3n) is 8.90.